The second kappa shape index (κ2) is 23.2. The summed E-state index contributed by atoms with van der Waals surface area (Å²) in [5.74, 6) is -2.52. The second-order valence-electron chi connectivity index (χ2n) is 20.6. The molecule has 0 aliphatic carbocycles. The fraction of sp³-hybridized carbons (Fsp3) is 0.411. The van der Waals surface area contributed by atoms with E-state index >= 15 is 0 Å². The van der Waals surface area contributed by atoms with Crippen LogP contribution in [0.5, 0.6) is 0 Å². The maximum absolute atomic E-state index is 14.4. The van der Waals surface area contributed by atoms with Crippen molar-refractivity contribution in [3.8, 4) is 21.6 Å². The number of rotatable bonds is 15. The Hall–Kier alpha value is -7.20. The molecule has 3 aromatic heterocycles. The third kappa shape index (κ3) is 12.6. The van der Waals surface area contributed by atoms with E-state index in [-0.39, 0.29) is 37.1 Å². The van der Waals surface area contributed by atoms with E-state index in [2.05, 4.69) is 40.5 Å². The van der Waals surface area contributed by atoms with Crippen molar-refractivity contribution in [3.63, 3.8) is 0 Å². The highest BCUT2D eigenvalue weighted by Crippen LogP contribution is 2.37. The van der Waals surface area contributed by atoms with E-state index in [9.17, 15) is 42.3 Å². The fourth-order valence-electron chi connectivity index (χ4n) is 10.5. The van der Waals surface area contributed by atoms with Crippen molar-refractivity contribution in [3.05, 3.63) is 140 Å². The number of aromatic nitrogens is 3. The number of β-amino-alcohol motifs (C(OH)–C–C–N with tert-alkyl or cyclic N) is 1. The molecule has 4 atom stereocenters. The minimum absolute atomic E-state index is 0.0303. The predicted octanol–water partition coefficient (Wildman–Crippen LogP) is 7.09. The van der Waals surface area contributed by atoms with E-state index in [1.807, 2.05) is 88.5 Å². The van der Waals surface area contributed by atoms with Gasteiger partial charge in [-0.1, -0.05) is 67.5 Å². The normalized spacial score (nSPS) is 18.4. The van der Waals surface area contributed by atoms with Gasteiger partial charge in [0.1, 0.15) is 17.7 Å². The maximum atomic E-state index is 14.4. The Balaban J connectivity index is 0.885. The first-order valence-electron chi connectivity index (χ1n) is 25.8. The van der Waals surface area contributed by atoms with Gasteiger partial charge in [-0.3, -0.25) is 28.9 Å². The van der Waals surface area contributed by atoms with Gasteiger partial charge in [-0.15, -0.1) is 11.3 Å². The molecule has 3 aromatic carbocycles. The van der Waals surface area contributed by atoms with Crippen molar-refractivity contribution in [1.82, 2.24) is 40.0 Å². The Bertz CT molecular complexity index is 3160. The van der Waals surface area contributed by atoms with Crippen LogP contribution < -0.4 is 21.1 Å². The summed E-state index contributed by atoms with van der Waals surface area (Å²) in [7, 11) is 2.01. The van der Waals surface area contributed by atoms with Gasteiger partial charge < -0.3 is 44.8 Å². The van der Waals surface area contributed by atoms with Crippen LogP contribution >= 0.6 is 11.3 Å². The van der Waals surface area contributed by atoms with E-state index in [0.29, 0.717) is 80.3 Å². The van der Waals surface area contributed by atoms with E-state index in [0.717, 1.165) is 52.1 Å². The molecule has 77 heavy (non-hydrogen) atoms. The highest BCUT2D eigenvalue weighted by molar-refractivity contribution is 7.13. The number of carbonyl (C=O) groups is 4. The summed E-state index contributed by atoms with van der Waals surface area (Å²) in [5, 5.41) is 20.7. The molecule has 6 heterocycles. The summed E-state index contributed by atoms with van der Waals surface area (Å²) in [4.78, 5) is 85.8. The molecule has 0 bridgehead atoms. The molecule has 21 heteroatoms. The van der Waals surface area contributed by atoms with Gasteiger partial charge in [0.2, 0.25) is 23.3 Å². The molecule has 6 aromatic rings. The number of pyridine rings is 1. The second-order valence-corrected chi connectivity index (χ2v) is 21.5. The number of aliphatic hydroxyl groups excluding tert-OH is 1. The third-order valence-electron chi connectivity index (χ3n) is 14.7. The van der Waals surface area contributed by atoms with Crippen molar-refractivity contribution >= 4 is 46.3 Å². The number of amides is 4. The van der Waals surface area contributed by atoms with Gasteiger partial charge in [0.25, 0.3) is 5.91 Å². The Morgan fingerprint density at radius 2 is 1.61 bits per heavy atom. The zero-order chi connectivity index (χ0) is 54.7. The number of likely N-dealkylation sites (tertiary alicyclic amines) is 1. The number of anilines is 2. The number of piperazine rings is 2. The topological polar surface area (TPSA) is 201 Å². The molecule has 4 N–H and O–H groups in total. The van der Waals surface area contributed by atoms with Gasteiger partial charge in [-0.25, -0.2) is 4.98 Å². The molecule has 3 aliphatic rings. The lowest BCUT2D eigenvalue weighted by atomic mass is 9.91. The Labute approximate surface area is 448 Å². The molecular weight excluding hydrogens is 1010 g/mol. The number of hydrogen-bond donors (Lipinski definition) is 4. The minimum Gasteiger partial charge on any atom is -0.391 e. The van der Waals surface area contributed by atoms with Gasteiger partial charge in [0.15, 0.2) is 0 Å². The van der Waals surface area contributed by atoms with Crippen molar-refractivity contribution in [2.75, 3.05) is 76.2 Å². The molecular formula is C56H63F3N10O7S. The number of nitrogens with one attached hydrogen (secondary N) is 3. The molecule has 4 amide bonds. The van der Waals surface area contributed by atoms with Crippen LogP contribution in [0.1, 0.15) is 82.8 Å². The lowest BCUT2D eigenvalue weighted by Gasteiger charge is -2.36. The van der Waals surface area contributed by atoms with Crippen molar-refractivity contribution in [2.24, 2.45) is 5.92 Å². The number of alkyl halides is 3. The summed E-state index contributed by atoms with van der Waals surface area (Å²) in [6.45, 7) is 12.8. The van der Waals surface area contributed by atoms with Crippen molar-refractivity contribution in [2.45, 2.75) is 77.4 Å². The number of aromatic amines is 1. The first-order chi connectivity index (χ1) is 36.8. The zero-order valence-electron chi connectivity index (χ0n) is 43.6. The number of H-pyrrole nitrogens is 1. The van der Waals surface area contributed by atoms with Gasteiger partial charge >= 0.3 is 6.18 Å². The standard InChI is InChI=1S/C56H63F3N10O7S/c1-33(2)51(48-23-34(3)64-76-48)55(75)69-31-41(70)26-47(69)54(74)62-44(37-9-11-38(12-10-37)52-35(4)61-32-77-52)28-50(72)68-21-17-66(18-22-68)30-36-7-6-8-39(24-36)40-13-14-46(67-19-15-65(5)16-20-67)45(25-40)63-53(73)42-29-60-49(71)27-43(42)56(57,58)59/h6-14,23-25,27,29,32-33,41,44,47,51,70H,15-22,26,28,30-31H2,1-5H3,(H,60,71)(H,62,74)(H,63,73)/t41-,44?,47+,51?/m1/s1. The zero-order valence-corrected chi connectivity index (χ0v) is 44.4. The van der Waals surface area contributed by atoms with E-state index < -0.39 is 58.8 Å². The molecule has 406 valence electrons. The first kappa shape index (κ1) is 54.6. The molecule has 3 fully saturated rings. The van der Waals surface area contributed by atoms with Crippen LogP contribution in [0.3, 0.4) is 0 Å². The van der Waals surface area contributed by atoms with Crippen LogP contribution in [0.4, 0.5) is 24.5 Å². The van der Waals surface area contributed by atoms with Crippen LogP contribution in [-0.2, 0) is 27.1 Å². The summed E-state index contributed by atoms with van der Waals surface area (Å²) < 4.78 is 47.6. The molecule has 9 rings (SSSR count). The summed E-state index contributed by atoms with van der Waals surface area (Å²) in [5.41, 5.74) is 5.48. The summed E-state index contributed by atoms with van der Waals surface area (Å²) in [6.07, 6.45) is -5.09. The highest BCUT2D eigenvalue weighted by atomic mass is 32.1. The quantitative estimate of drug-likeness (QED) is 0.0816. The van der Waals surface area contributed by atoms with Crippen LogP contribution in [0.25, 0.3) is 21.6 Å². The molecule has 0 spiro atoms. The average Bonchev–Trinajstić information content (AvgIpc) is 4.16. The molecule has 3 saturated heterocycles. The summed E-state index contributed by atoms with van der Waals surface area (Å²) in [6, 6.07) is 21.5. The Kier molecular flexibility index (Phi) is 16.4. The van der Waals surface area contributed by atoms with E-state index in [4.69, 9.17) is 4.52 Å². The van der Waals surface area contributed by atoms with Gasteiger partial charge in [0, 0.05) is 90.2 Å². The molecule has 3 aliphatic heterocycles. The molecule has 0 radical (unpaired) electrons. The van der Waals surface area contributed by atoms with E-state index in [1.165, 1.54) is 16.2 Å². The highest BCUT2D eigenvalue weighted by Gasteiger charge is 2.44. The fourth-order valence-corrected chi connectivity index (χ4v) is 11.3. The predicted molar refractivity (Wildman–Crippen MR) is 286 cm³/mol. The number of nitrogens with zero attached hydrogens (tertiary/aromatic N) is 7. The SMILES string of the molecule is Cc1cc(C(C(=O)N2C[C@H](O)C[C@H]2C(=O)NC(CC(=O)N2CCN(Cc3cccc(-c4ccc(N5CCN(C)CC5)c(NC(=O)c5c[nH]c(=O)cc5C(F)(F)F)c4)c3)CC2)c2ccc(-c3scnc3C)cc2)C(C)C)on1. The van der Waals surface area contributed by atoms with Crippen molar-refractivity contribution in [1.29, 1.82) is 0 Å². The van der Waals surface area contributed by atoms with Crippen LogP contribution in [0, 0.1) is 19.8 Å². The number of benzene rings is 3. The number of carbonyl (C=O) groups excluding carboxylic acids is 4. The number of hydrogen-bond acceptors (Lipinski definition) is 13. The maximum Gasteiger partial charge on any atom is 0.417 e. The smallest absolute Gasteiger partial charge is 0.391 e. The largest absolute Gasteiger partial charge is 0.417 e. The van der Waals surface area contributed by atoms with Crippen molar-refractivity contribution < 1.29 is 42.0 Å². The lowest BCUT2D eigenvalue weighted by molar-refractivity contribution is -0.141. The number of aliphatic hydroxyl groups is 1. The van der Waals surface area contributed by atoms with Crippen LogP contribution in [0.15, 0.2) is 99.9 Å². The molecule has 17 nitrogen and oxygen atoms in total. The number of likely N-dealkylation sites (N-methyl/N-ethyl adjacent to an activating group) is 1. The third-order valence-corrected chi connectivity index (χ3v) is 15.7. The Morgan fingerprint density at radius 3 is 2.27 bits per heavy atom. The number of aryl methyl sites for hydroxylation is 2. The number of halogens is 3. The lowest BCUT2D eigenvalue weighted by Crippen LogP contribution is -2.50. The average molecular weight is 1080 g/mol. The monoisotopic (exact) mass is 1080 g/mol. The first-order valence-corrected chi connectivity index (χ1v) is 26.7. The van der Waals surface area contributed by atoms with Gasteiger partial charge in [-0.2, -0.15) is 13.2 Å². The van der Waals surface area contributed by atoms with Gasteiger partial charge in [0.05, 0.1) is 62.8 Å². The Morgan fingerprint density at radius 1 is 0.896 bits per heavy atom. The molecule has 2 unspecified atom stereocenters. The van der Waals surface area contributed by atoms with Crippen LogP contribution in [-0.4, -0.2) is 142 Å². The number of thiazole rings is 1. The van der Waals surface area contributed by atoms with Gasteiger partial charge in [-0.05, 0) is 72.8 Å². The summed E-state index contributed by atoms with van der Waals surface area (Å²) >= 11 is 1.52. The van der Waals surface area contributed by atoms with Crippen LogP contribution in [0.2, 0.25) is 0 Å². The minimum atomic E-state index is -4.93. The van der Waals surface area contributed by atoms with E-state index in [1.54, 1.807) is 29.5 Å². The molecule has 0 saturated carbocycles.